The Morgan fingerprint density at radius 2 is 2.00 bits per heavy atom. The van der Waals surface area contributed by atoms with Crippen LogP contribution < -0.4 is 0 Å². The number of aliphatic hydroxyl groups is 3. The Morgan fingerprint density at radius 1 is 1.26 bits per heavy atom. The normalized spacial score (nSPS) is 40.2. The summed E-state index contributed by atoms with van der Waals surface area (Å²) in [5.74, 6) is 0. The Labute approximate surface area is 113 Å². The zero-order chi connectivity index (χ0) is 14.0. The third-order valence-corrected chi connectivity index (χ3v) is 3.98. The fourth-order valence-electron chi connectivity index (χ4n) is 2.62. The second-order valence-electron chi connectivity index (χ2n) is 5.44. The van der Waals surface area contributed by atoms with Gasteiger partial charge in [0.25, 0.3) is 0 Å². The first-order valence-corrected chi connectivity index (χ1v) is 6.67. The van der Waals surface area contributed by atoms with Crippen LogP contribution >= 0.6 is 0 Å². The molecule has 0 aromatic heterocycles. The molecular formula is C15H22O4. The molecular weight excluding hydrogens is 244 g/mol. The largest absolute Gasteiger partial charge is 0.390 e. The van der Waals surface area contributed by atoms with Crippen molar-refractivity contribution in [2.24, 2.45) is 0 Å². The molecule has 3 N–H and O–H groups in total. The van der Waals surface area contributed by atoms with Crippen molar-refractivity contribution in [2.45, 2.75) is 50.6 Å². The van der Waals surface area contributed by atoms with E-state index in [1.165, 1.54) is 6.92 Å². The van der Waals surface area contributed by atoms with E-state index in [9.17, 15) is 15.3 Å². The molecule has 0 saturated carbocycles. The predicted molar refractivity (Wildman–Crippen MR) is 72.6 cm³/mol. The third-order valence-electron chi connectivity index (χ3n) is 3.98. The summed E-state index contributed by atoms with van der Waals surface area (Å²) in [7, 11) is 0. The summed E-state index contributed by atoms with van der Waals surface area (Å²) in [6.07, 6.45) is 6.82. The highest BCUT2D eigenvalue weighted by molar-refractivity contribution is 5.31. The number of hydrogen-bond acceptors (Lipinski definition) is 4. The minimum Gasteiger partial charge on any atom is -0.390 e. The van der Waals surface area contributed by atoms with E-state index in [1.807, 2.05) is 31.2 Å². The fourth-order valence-corrected chi connectivity index (χ4v) is 2.62. The lowest BCUT2D eigenvalue weighted by Gasteiger charge is -2.43. The number of aliphatic hydroxyl groups excluding tert-OH is 2. The lowest BCUT2D eigenvalue weighted by Crippen LogP contribution is -2.55. The van der Waals surface area contributed by atoms with Gasteiger partial charge in [-0.2, -0.15) is 0 Å². The van der Waals surface area contributed by atoms with Crippen molar-refractivity contribution in [3.63, 3.8) is 0 Å². The summed E-state index contributed by atoms with van der Waals surface area (Å²) >= 11 is 0. The molecule has 1 aliphatic heterocycles. The van der Waals surface area contributed by atoms with Gasteiger partial charge in [0.1, 0.15) is 11.7 Å². The molecule has 0 radical (unpaired) electrons. The molecule has 1 aliphatic carbocycles. The van der Waals surface area contributed by atoms with E-state index in [1.54, 1.807) is 0 Å². The van der Waals surface area contributed by atoms with Gasteiger partial charge in [0, 0.05) is 0 Å². The van der Waals surface area contributed by atoms with Gasteiger partial charge in [-0.05, 0) is 32.3 Å². The highest BCUT2D eigenvalue weighted by Gasteiger charge is 2.46. The minimum atomic E-state index is -1.49. The molecule has 0 saturated heterocycles. The van der Waals surface area contributed by atoms with Crippen molar-refractivity contribution in [2.75, 3.05) is 6.61 Å². The van der Waals surface area contributed by atoms with Crippen LogP contribution in [0.25, 0.3) is 0 Å². The standard InChI is InChI=1S/C15H22O4/c1-3-4-5-6-11-7-10-8-13(16)15(2,18)14(17)12(10)9-19-11/h3-6,11,13-14,16-18H,7-9H2,1-2H3/t11-,13+,14-,15-/m1/s1. The van der Waals surface area contributed by atoms with Gasteiger partial charge in [-0.25, -0.2) is 0 Å². The van der Waals surface area contributed by atoms with Crippen LogP contribution in [0.1, 0.15) is 26.7 Å². The van der Waals surface area contributed by atoms with Gasteiger partial charge in [0.05, 0.1) is 18.8 Å². The Morgan fingerprint density at radius 3 is 2.68 bits per heavy atom. The number of ether oxygens (including phenoxy) is 1. The molecule has 4 nitrogen and oxygen atoms in total. The first-order valence-electron chi connectivity index (χ1n) is 6.67. The molecule has 4 atom stereocenters. The second kappa shape index (κ2) is 5.59. The number of rotatable bonds is 2. The highest BCUT2D eigenvalue weighted by Crippen LogP contribution is 2.38. The van der Waals surface area contributed by atoms with E-state index in [2.05, 4.69) is 0 Å². The molecule has 0 amide bonds. The summed E-state index contributed by atoms with van der Waals surface area (Å²) in [6.45, 7) is 3.72. The maximum atomic E-state index is 10.1. The second-order valence-corrected chi connectivity index (χ2v) is 5.44. The Hall–Kier alpha value is -0.940. The maximum absolute atomic E-state index is 10.1. The predicted octanol–water partition coefficient (Wildman–Crippen LogP) is 1.08. The molecule has 106 valence electrons. The Balaban J connectivity index is 2.14. The molecule has 19 heavy (non-hydrogen) atoms. The summed E-state index contributed by atoms with van der Waals surface area (Å²) in [5, 5.41) is 30.1. The van der Waals surface area contributed by atoms with Crippen molar-refractivity contribution < 1.29 is 20.1 Å². The Bertz CT molecular complexity index is 420. The Kier molecular flexibility index (Phi) is 4.26. The van der Waals surface area contributed by atoms with Crippen LogP contribution in [0.5, 0.6) is 0 Å². The first-order chi connectivity index (χ1) is 8.96. The average Bonchev–Trinajstić information content (AvgIpc) is 2.37. The molecule has 2 aliphatic rings. The molecule has 2 rings (SSSR count). The van der Waals surface area contributed by atoms with Gasteiger partial charge >= 0.3 is 0 Å². The molecule has 1 heterocycles. The van der Waals surface area contributed by atoms with Crippen molar-refractivity contribution in [1.82, 2.24) is 0 Å². The van der Waals surface area contributed by atoms with Crippen LogP contribution in [0.2, 0.25) is 0 Å². The molecule has 4 heteroatoms. The zero-order valence-electron chi connectivity index (χ0n) is 11.4. The average molecular weight is 266 g/mol. The summed E-state index contributed by atoms with van der Waals surface area (Å²) in [4.78, 5) is 0. The topological polar surface area (TPSA) is 69.9 Å². The SMILES string of the molecule is CC=CC=C[C@@H]1CC2=C(CO1)[C@@H](O)[C@](C)(O)[C@@H](O)C2. The van der Waals surface area contributed by atoms with Crippen LogP contribution in [0.3, 0.4) is 0 Å². The van der Waals surface area contributed by atoms with Crippen molar-refractivity contribution in [1.29, 1.82) is 0 Å². The van der Waals surface area contributed by atoms with Crippen LogP contribution in [0, 0.1) is 0 Å². The number of allylic oxidation sites excluding steroid dienone is 3. The van der Waals surface area contributed by atoms with E-state index >= 15 is 0 Å². The fraction of sp³-hybridized carbons (Fsp3) is 0.600. The van der Waals surface area contributed by atoms with Crippen LogP contribution in [0.4, 0.5) is 0 Å². The third kappa shape index (κ3) is 2.82. The molecule has 0 unspecified atom stereocenters. The van der Waals surface area contributed by atoms with Gasteiger partial charge in [0.15, 0.2) is 0 Å². The van der Waals surface area contributed by atoms with Gasteiger partial charge in [-0.3, -0.25) is 0 Å². The summed E-state index contributed by atoms with van der Waals surface area (Å²) in [6, 6.07) is 0. The first kappa shape index (κ1) is 14.5. The van der Waals surface area contributed by atoms with E-state index in [4.69, 9.17) is 4.74 Å². The van der Waals surface area contributed by atoms with Crippen LogP contribution in [-0.2, 0) is 4.74 Å². The summed E-state index contributed by atoms with van der Waals surface area (Å²) < 4.78 is 5.66. The van der Waals surface area contributed by atoms with Crippen molar-refractivity contribution >= 4 is 0 Å². The van der Waals surface area contributed by atoms with Gasteiger partial charge in [-0.15, -0.1) is 0 Å². The minimum absolute atomic E-state index is 0.0302. The van der Waals surface area contributed by atoms with Gasteiger partial charge in [0.2, 0.25) is 0 Å². The number of hydrogen-bond donors (Lipinski definition) is 3. The van der Waals surface area contributed by atoms with E-state index in [0.29, 0.717) is 19.4 Å². The highest BCUT2D eigenvalue weighted by atomic mass is 16.5. The monoisotopic (exact) mass is 266 g/mol. The summed E-state index contributed by atoms with van der Waals surface area (Å²) in [5.41, 5.74) is 0.245. The van der Waals surface area contributed by atoms with Crippen LogP contribution in [0.15, 0.2) is 35.5 Å². The molecule has 0 spiro atoms. The maximum Gasteiger partial charge on any atom is 0.118 e. The lowest BCUT2D eigenvalue weighted by molar-refractivity contribution is -0.135. The van der Waals surface area contributed by atoms with E-state index in [0.717, 1.165) is 11.1 Å². The van der Waals surface area contributed by atoms with Gasteiger partial charge in [-0.1, -0.05) is 29.9 Å². The van der Waals surface area contributed by atoms with Crippen molar-refractivity contribution in [3.8, 4) is 0 Å². The quantitative estimate of drug-likeness (QED) is 0.517. The van der Waals surface area contributed by atoms with Gasteiger partial charge < -0.3 is 20.1 Å². The van der Waals surface area contributed by atoms with E-state index in [-0.39, 0.29) is 6.10 Å². The lowest BCUT2D eigenvalue weighted by atomic mass is 9.75. The molecule has 0 aromatic rings. The van der Waals surface area contributed by atoms with E-state index < -0.39 is 17.8 Å². The smallest absolute Gasteiger partial charge is 0.118 e. The molecule has 0 bridgehead atoms. The molecule has 0 aromatic carbocycles. The zero-order valence-corrected chi connectivity index (χ0v) is 11.4. The van der Waals surface area contributed by atoms with Crippen LogP contribution in [-0.4, -0.2) is 45.8 Å². The molecule has 0 fully saturated rings. The van der Waals surface area contributed by atoms with Crippen molar-refractivity contribution in [3.05, 3.63) is 35.5 Å².